The van der Waals surface area contributed by atoms with Crippen molar-refractivity contribution < 1.29 is 0 Å². The van der Waals surface area contributed by atoms with Crippen molar-refractivity contribution >= 4 is 34.4 Å². The molecule has 0 saturated carbocycles. The smallest absolute Gasteiger partial charge is 0.180 e. The molecule has 1 saturated heterocycles. The predicted octanol–water partition coefficient (Wildman–Crippen LogP) is 0.408. The lowest BCUT2D eigenvalue weighted by atomic mass is 10.1. The molecule has 6 nitrogen and oxygen atoms in total. The Bertz CT molecular complexity index is 580. The summed E-state index contributed by atoms with van der Waals surface area (Å²) in [5, 5.41) is 0.518. The molecule has 1 aliphatic heterocycles. The van der Waals surface area contributed by atoms with Gasteiger partial charge in [-0.1, -0.05) is 11.6 Å². The van der Waals surface area contributed by atoms with E-state index in [0.29, 0.717) is 27.8 Å². The maximum atomic E-state index is 5.87. The van der Waals surface area contributed by atoms with Gasteiger partial charge in [0.15, 0.2) is 17.3 Å². The van der Waals surface area contributed by atoms with Gasteiger partial charge in [0.25, 0.3) is 0 Å². The van der Waals surface area contributed by atoms with E-state index in [-0.39, 0.29) is 6.04 Å². The minimum atomic E-state index is 0.185. The van der Waals surface area contributed by atoms with Gasteiger partial charge in [-0.05, 0) is 6.07 Å². The van der Waals surface area contributed by atoms with Crippen LogP contribution in [0.5, 0.6) is 0 Å². The highest BCUT2D eigenvalue weighted by atomic mass is 35.5. The molecule has 0 amide bonds. The van der Waals surface area contributed by atoms with Crippen LogP contribution in [0.1, 0.15) is 0 Å². The largest absolute Gasteiger partial charge is 0.381 e. The maximum absolute atomic E-state index is 5.87. The van der Waals surface area contributed by atoms with Crippen molar-refractivity contribution in [1.29, 1.82) is 0 Å². The van der Waals surface area contributed by atoms with E-state index in [9.17, 15) is 0 Å². The molecule has 2 aromatic heterocycles. The number of fused-ring (bicyclic) bond motifs is 1. The first-order valence-corrected chi connectivity index (χ1v) is 5.60. The van der Waals surface area contributed by atoms with Crippen molar-refractivity contribution in [3.63, 3.8) is 0 Å². The molecule has 88 valence electrons. The molecular formula is C10H11ClN6. The van der Waals surface area contributed by atoms with Gasteiger partial charge in [0, 0.05) is 25.3 Å². The first-order valence-electron chi connectivity index (χ1n) is 5.23. The first kappa shape index (κ1) is 10.5. The van der Waals surface area contributed by atoms with Gasteiger partial charge in [-0.2, -0.15) is 0 Å². The zero-order valence-electron chi connectivity index (χ0n) is 8.97. The lowest BCUT2D eigenvalue weighted by molar-refractivity contribution is 0.515. The minimum absolute atomic E-state index is 0.185. The van der Waals surface area contributed by atoms with Gasteiger partial charge in [-0.15, -0.1) is 0 Å². The number of aromatic nitrogens is 3. The fourth-order valence-corrected chi connectivity index (χ4v) is 2.00. The van der Waals surface area contributed by atoms with Crippen LogP contribution < -0.4 is 16.4 Å². The van der Waals surface area contributed by atoms with Gasteiger partial charge >= 0.3 is 0 Å². The maximum Gasteiger partial charge on any atom is 0.180 e. The summed E-state index contributed by atoms with van der Waals surface area (Å²) >= 11 is 5.83. The van der Waals surface area contributed by atoms with Crippen molar-refractivity contribution in [3.8, 4) is 0 Å². The molecule has 0 aliphatic carbocycles. The summed E-state index contributed by atoms with van der Waals surface area (Å²) in [6, 6.07) is 1.88. The lowest BCUT2D eigenvalue weighted by Gasteiger charge is -2.37. The van der Waals surface area contributed by atoms with Crippen LogP contribution in [0.2, 0.25) is 5.02 Å². The second-order valence-corrected chi connectivity index (χ2v) is 4.53. The Balaban J connectivity index is 2.08. The Morgan fingerprint density at radius 2 is 2.12 bits per heavy atom. The van der Waals surface area contributed by atoms with E-state index in [1.807, 2.05) is 4.90 Å². The number of hydrogen-bond donors (Lipinski definition) is 2. The van der Waals surface area contributed by atoms with Crippen LogP contribution in [-0.2, 0) is 0 Å². The van der Waals surface area contributed by atoms with Gasteiger partial charge in [0.05, 0.1) is 5.02 Å². The minimum Gasteiger partial charge on any atom is -0.381 e. The molecule has 0 unspecified atom stereocenters. The van der Waals surface area contributed by atoms with E-state index in [1.54, 1.807) is 12.3 Å². The zero-order valence-corrected chi connectivity index (χ0v) is 9.72. The molecule has 3 heterocycles. The average Bonchev–Trinajstić information content (AvgIpc) is 2.24. The second-order valence-electron chi connectivity index (χ2n) is 4.09. The number of pyridine rings is 1. The molecule has 1 aliphatic rings. The summed E-state index contributed by atoms with van der Waals surface area (Å²) < 4.78 is 0. The summed E-state index contributed by atoms with van der Waals surface area (Å²) in [4.78, 5) is 14.7. The van der Waals surface area contributed by atoms with Gasteiger partial charge in [-0.25, -0.2) is 15.0 Å². The summed E-state index contributed by atoms with van der Waals surface area (Å²) in [5.41, 5.74) is 12.7. The van der Waals surface area contributed by atoms with Gasteiger partial charge in [0.1, 0.15) is 5.52 Å². The molecule has 17 heavy (non-hydrogen) atoms. The van der Waals surface area contributed by atoms with Crippen molar-refractivity contribution in [1.82, 2.24) is 15.0 Å². The molecule has 0 spiro atoms. The number of nitrogen functional groups attached to an aromatic ring is 1. The Morgan fingerprint density at radius 1 is 1.35 bits per heavy atom. The Labute approximate surface area is 103 Å². The van der Waals surface area contributed by atoms with Crippen LogP contribution in [0, 0.1) is 0 Å². The fourth-order valence-electron chi connectivity index (χ4n) is 1.85. The molecule has 0 radical (unpaired) electrons. The number of nitrogens with zero attached hydrogens (tertiary/aromatic N) is 4. The third kappa shape index (κ3) is 1.75. The molecule has 0 aromatic carbocycles. The van der Waals surface area contributed by atoms with E-state index in [1.165, 1.54) is 0 Å². The van der Waals surface area contributed by atoms with Crippen LogP contribution >= 0.6 is 11.6 Å². The molecule has 4 N–H and O–H groups in total. The van der Waals surface area contributed by atoms with Crippen LogP contribution in [-0.4, -0.2) is 34.1 Å². The SMILES string of the molecule is Nc1nc2cc(Cl)cnc2nc1N1CC(N)C1. The number of nitrogens with two attached hydrogens (primary N) is 2. The molecule has 2 aromatic rings. The number of rotatable bonds is 1. The third-order valence-corrected chi connectivity index (χ3v) is 2.91. The Morgan fingerprint density at radius 3 is 2.82 bits per heavy atom. The molecule has 0 atom stereocenters. The number of halogens is 1. The molecule has 3 rings (SSSR count). The monoisotopic (exact) mass is 250 g/mol. The highest BCUT2D eigenvalue weighted by Crippen LogP contribution is 2.25. The topological polar surface area (TPSA) is 93.9 Å². The van der Waals surface area contributed by atoms with Gasteiger partial charge in [0.2, 0.25) is 0 Å². The van der Waals surface area contributed by atoms with Crippen molar-refractivity contribution in [2.45, 2.75) is 6.04 Å². The molecule has 7 heteroatoms. The molecule has 1 fully saturated rings. The molecule has 0 bridgehead atoms. The Kier molecular flexibility index (Phi) is 2.27. The van der Waals surface area contributed by atoms with E-state index in [2.05, 4.69) is 15.0 Å². The van der Waals surface area contributed by atoms with Crippen LogP contribution in [0.3, 0.4) is 0 Å². The van der Waals surface area contributed by atoms with E-state index >= 15 is 0 Å². The van der Waals surface area contributed by atoms with Crippen molar-refractivity contribution in [2.24, 2.45) is 5.73 Å². The summed E-state index contributed by atoms with van der Waals surface area (Å²) in [6.45, 7) is 1.50. The summed E-state index contributed by atoms with van der Waals surface area (Å²) in [6.07, 6.45) is 1.54. The summed E-state index contributed by atoms with van der Waals surface area (Å²) in [7, 11) is 0. The highest BCUT2D eigenvalue weighted by molar-refractivity contribution is 6.31. The summed E-state index contributed by atoms with van der Waals surface area (Å²) in [5.74, 6) is 1.03. The number of anilines is 2. The van der Waals surface area contributed by atoms with E-state index in [0.717, 1.165) is 13.1 Å². The van der Waals surface area contributed by atoms with E-state index in [4.69, 9.17) is 23.1 Å². The standard InChI is InChI=1S/C10H11ClN6/c11-5-1-7-9(14-2-5)16-10(8(13)15-7)17-3-6(12)4-17/h1-2,6H,3-4,12H2,(H2,13,15). The van der Waals surface area contributed by atoms with Crippen molar-refractivity contribution in [3.05, 3.63) is 17.3 Å². The number of hydrogen-bond acceptors (Lipinski definition) is 6. The van der Waals surface area contributed by atoms with E-state index < -0.39 is 0 Å². The molecular weight excluding hydrogens is 240 g/mol. The normalized spacial score (nSPS) is 16.2. The van der Waals surface area contributed by atoms with Gasteiger partial charge < -0.3 is 16.4 Å². The van der Waals surface area contributed by atoms with Gasteiger partial charge in [-0.3, -0.25) is 0 Å². The second kappa shape index (κ2) is 3.68. The van der Waals surface area contributed by atoms with Crippen LogP contribution in [0.25, 0.3) is 11.2 Å². The zero-order chi connectivity index (χ0) is 12.0. The van der Waals surface area contributed by atoms with Crippen LogP contribution in [0.15, 0.2) is 12.3 Å². The van der Waals surface area contributed by atoms with Crippen molar-refractivity contribution in [2.75, 3.05) is 23.7 Å². The first-order chi connectivity index (χ1) is 8.13. The Hall–Kier alpha value is -1.66. The average molecular weight is 251 g/mol. The highest BCUT2D eigenvalue weighted by Gasteiger charge is 2.26. The quantitative estimate of drug-likeness (QED) is 0.761. The third-order valence-electron chi connectivity index (χ3n) is 2.71. The van der Waals surface area contributed by atoms with Crippen LogP contribution in [0.4, 0.5) is 11.6 Å². The lowest BCUT2D eigenvalue weighted by Crippen LogP contribution is -2.56. The predicted molar refractivity (Wildman–Crippen MR) is 66.9 cm³/mol. The fraction of sp³-hybridized carbons (Fsp3) is 0.300.